The molecule has 0 spiro atoms. The van der Waals surface area contributed by atoms with Gasteiger partial charge in [0.1, 0.15) is 0 Å². The Morgan fingerprint density at radius 3 is 2.88 bits per heavy atom. The monoisotopic (exact) mass is 427 g/mol. The normalized spacial score (nSPS) is 12.2. The van der Waals surface area contributed by atoms with Gasteiger partial charge in [0.15, 0.2) is 0 Å². The molecule has 1 aromatic rings. The van der Waals surface area contributed by atoms with Crippen LogP contribution in [-0.4, -0.2) is 24.0 Å². The Kier molecular flexibility index (Phi) is 6.87. The van der Waals surface area contributed by atoms with E-state index in [1.807, 2.05) is 18.2 Å². The summed E-state index contributed by atoms with van der Waals surface area (Å²) in [7, 11) is 0. The number of amides is 1. The zero-order chi connectivity index (χ0) is 12.8. The number of hydrogen-bond donors (Lipinski definition) is 1. The predicted octanol–water partition coefficient (Wildman–Crippen LogP) is 3.93. The minimum Gasteiger partial charge on any atom is -0.348 e. The summed E-state index contributed by atoms with van der Waals surface area (Å²) in [6, 6.07) is 5.99. The van der Waals surface area contributed by atoms with Crippen molar-refractivity contribution in [3.8, 4) is 0 Å². The highest BCUT2D eigenvalue weighted by molar-refractivity contribution is 14.1. The Hall–Kier alpha value is 0.250. The van der Waals surface area contributed by atoms with Crippen LogP contribution in [0.25, 0.3) is 0 Å². The lowest BCUT2D eigenvalue weighted by molar-refractivity contribution is 0.0939. The van der Waals surface area contributed by atoms with Crippen molar-refractivity contribution in [3.63, 3.8) is 0 Å². The van der Waals surface area contributed by atoms with E-state index in [0.717, 1.165) is 25.8 Å². The summed E-state index contributed by atoms with van der Waals surface area (Å²) in [6.07, 6.45) is 3.01. The van der Waals surface area contributed by atoms with E-state index < -0.39 is 0 Å². The molecule has 0 bridgehead atoms. The lowest BCUT2D eigenvalue weighted by Gasteiger charge is -2.16. The average Bonchev–Trinajstić information content (AvgIpc) is 2.31. The molecule has 1 rings (SSSR count). The second-order valence-electron chi connectivity index (χ2n) is 3.66. The van der Waals surface area contributed by atoms with Crippen molar-refractivity contribution in [3.05, 3.63) is 31.8 Å². The van der Waals surface area contributed by atoms with Crippen LogP contribution >= 0.6 is 50.3 Å². The highest BCUT2D eigenvalue weighted by Gasteiger charge is 2.14. The van der Waals surface area contributed by atoms with Gasteiger partial charge in [-0.1, -0.05) is 22.9 Å². The van der Waals surface area contributed by atoms with E-state index in [-0.39, 0.29) is 11.9 Å². The van der Waals surface area contributed by atoms with Crippen LogP contribution in [0.15, 0.2) is 22.7 Å². The molecule has 5 heteroatoms. The molecule has 0 aromatic heterocycles. The lowest BCUT2D eigenvalue weighted by Crippen LogP contribution is -2.36. The molecule has 17 heavy (non-hydrogen) atoms. The smallest absolute Gasteiger partial charge is 0.252 e. The Morgan fingerprint density at radius 1 is 1.59 bits per heavy atom. The molecule has 0 fully saturated rings. The average molecular weight is 428 g/mol. The van der Waals surface area contributed by atoms with Crippen LogP contribution in [0.2, 0.25) is 0 Å². The first kappa shape index (κ1) is 15.3. The van der Waals surface area contributed by atoms with Crippen LogP contribution in [-0.2, 0) is 0 Å². The maximum atomic E-state index is 12.1. The summed E-state index contributed by atoms with van der Waals surface area (Å²) in [6.45, 7) is 2.09. The summed E-state index contributed by atoms with van der Waals surface area (Å²) >= 11 is 7.33. The summed E-state index contributed by atoms with van der Waals surface area (Å²) in [5, 5.41) is 3.07. The highest BCUT2D eigenvalue weighted by atomic mass is 127. The number of thioether (sulfide) groups is 1. The summed E-state index contributed by atoms with van der Waals surface area (Å²) in [5.41, 5.74) is 0.736. The van der Waals surface area contributed by atoms with Gasteiger partial charge in [-0.3, -0.25) is 4.79 Å². The quantitative estimate of drug-likeness (QED) is 0.721. The molecular formula is C12H15BrINOS. The molecule has 1 amide bonds. The molecule has 1 N–H and O–H groups in total. The van der Waals surface area contributed by atoms with Crippen molar-refractivity contribution in [2.24, 2.45) is 0 Å². The lowest BCUT2D eigenvalue weighted by atomic mass is 10.2. The van der Waals surface area contributed by atoms with E-state index in [9.17, 15) is 4.79 Å². The maximum Gasteiger partial charge on any atom is 0.252 e. The van der Waals surface area contributed by atoms with Crippen molar-refractivity contribution < 1.29 is 4.79 Å². The van der Waals surface area contributed by atoms with Gasteiger partial charge in [-0.2, -0.15) is 11.8 Å². The van der Waals surface area contributed by atoms with Crippen molar-refractivity contribution in [1.82, 2.24) is 5.32 Å². The molecule has 0 saturated carbocycles. The summed E-state index contributed by atoms with van der Waals surface area (Å²) in [5.74, 6) is 0.962. The number of hydrogen-bond acceptors (Lipinski definition) is 2. The third kappa shape index (κ3) is 4.79. The molecule has 0 aliphatic heterocycles. The largest absolute Gasteiger partial charge is 0.348 e. The van der Waals surface area contributed by atoms with Crippen LogP contribution in [0.5, 0.6) is 0 Å². The zero-order valence-electron chi connectivity index (χ0n) is 9.80. The van der Waals surface area contributed by atoms with Gasteiger partial charge in [0.2, 0.25) is 0 Å². The summed E-state index contributed by atoms with van der Waals surface area (Å²) in [4.78, 5) is 12.1. The van der Waals surface area contributed by atoms with Gasteiger partial charge in [0.25, 0.3) is 5.91 Å². The maximum absolute atomic E-state index is 12.1. The number of halogens is 2. The fourth-order valence-electron chi connectivity index (χ4n) is 1.40. The fraction of sp³-hybridized carbons (Fsp3) is 0.417. The SMILES string of the molecule is CCC(CSC)NC(=O)c1cc(Br)ccc1I. The molecule has 0 saturated heterocycles. The second kappa shape index (κ2) is 7.63. The molecule has 94 valence electrons. The van der Waals surface area contributed by atoms with E-state index in [1.165, 1.54) is 0 Å². The van der Waals surface area contributed by atoms with Crippen LogP contribution < -0.4 is 5.32 Å². The van der Waals surface area contributed by atoms with Gasteiger partial charge >= 0.3 is 0 Å². The Balaban J connectivity index is 2.78. The van der Waals surface area contributed by atoms with E-state index in [0.29, 0.717) is 0 Å². The molecule has 2 nitrogen and oxygen atoms in total. The van der Waals surface area contributed by atoms with Crippen molar-refractivity contribution >= 4 is 56.2 Å². The first-order valence-corrected chi connectivity index (χ1v) is 8.59. The highest BCUT2D eigenvalue weighted by Crippen LogP contribution is 2.18. The van der Waals surface area contributed by atoms with Crippen molar-refractivity contribution in [1.29, 1.82) is 0 Å². The zero-order valence-corrected chi connectivity index (χ0v) is 14.4. The Morgan fingerprint density at radius 2 is 2.29 bits per heavy atom. The molecule has 0 radical (unpaired) electrons. The molecule has 0 heterocycles. The number of benzene rings is 1. The van der Waals surface area contributed by atoms with Crippen LogP contribution in [0.1, 0.15) is 23.7 Å². The van der Waals surface area contributed by atoms with Crippen molar-refractivity contribution in [2.75, 3.05) is 12.0 Å². The second-order valence-corrected chi connectivity index (χ2v) is 6.65. The van der Waals surface area contributed by atoms with Gasteiger partial charge in [-0.25, -0.2) is 0 Å². The first-order chi connectivity index (χ1) is 8.08. The molecule has 1 atom stereocenters. The molecule has 0 aliphatic carbocycles. The van der Waals surface area contributed by atoms with Crippen LogP contribution in [0.4, 0.5) is 0 Å². The molecule has 1 unspecified atom stereocenters. The van der Waals surface area contributed by atoms with Gasteiger partial charge < -0.3 is 5.32 Å². The minimum atomic E-state index is 0.0107. The van der Waals surface area contributed by atoms with E-state index in [4.69, 9.17) is 0 Å². The summed E-state index contributed by atoms with van der Waals surface area (Å²) < 4.78 is 1.91. The third-order valence-corrected chi connectivity index (χ3v) is 4.54. The molecule has 1 aromatic carbocycles. The Labute approximate surface area is 129 Å². The molecular weight excluding hydrogens is 413 g/mol. The minimum absolute atomic E-state index is 0.0107. The van der Waals surface area contributed by atoms with Gasteiger partial charge in [0.05, 0.1) is 5.56 Å². The number of carbonyl (C=O) groups is 1. The fourth-order valence-corrected chi connectivity index (χ4v) is 3.06. The Bertz CT molecular complexity index is 400. The van der Waals surface area contributed by atoms with Gasteiger partial charge in [0, 0.05) is 19.8 Å². The van der Waals surface area contributed by atoms with Crippen LogP contribution in [0, 0.1) is 3.57 Å². The van der Waals surface area contributed by atoms with Crippen LogP contribution in [0.3, 0.4) is 0 Å². The number of carbonyl (C=O) groups excluding carboxylic acids is 1. The number of rotatable bonds is 5. The standard InChI is InChI=1S/C12H15BrINOS/c1-3-9(7-17-2)15-12(16)10-6-8(13)4-5-11(10)14/h4-6,9H,3,7H2,1-2H3,(H,15,16). The van der Waals surface area contributed by atoms with E-state index in [2.05, 4.69) is 57.0 Å². The molecule has 0 aliphatic rings. The number of nitrogens with one attached hydrogen (secondary N) is 1. The topological polar surface area (TPSA) is 29.1 Å². The van der Waals surface area contributed by atoms with Gasteiger partial charge in [-0.05, 0) is 53.5 Å². The van der Waals surface area contributed by atoms with E-state index >= 15 is 0 Å². The van der Waals surface area contributed by atoms with Crippen molar-refractivity contribution in [2.45, 2.75) is 19.4 Å². The predicted molar refractivity (Wildman–Crippen MR) is 86.8 cm³/mol. The van der Waals surface area contributed by atoms with E-state index in [1.54, 1.807) is 11.8 Å². The first-order valence-electron chi connectivity index (χ1n) is 5.33. The van der Waals surface area contributed by atoms with Gasteiger partial charge in [-0.15, -0.1) is 0 Å². The third-order valence-electron chi connectivity index (χ3n) is 2.37.